The first kappa shape index (κ1) is 15.3. The molecule has 0 bridgehead atoms. The van der Waals surface area contributed by atoms with Crippen LogP contribution in [-0.4, -0.2) is 50.3 Å². The van der Waals surface area contributed by atoms with Crippen molar-refractivity contribution in [1.29, 1.82) is 0 Å². The maximum atomic E-state index is 6.00. The summed E-state index contributed by atoms with van der Waals surface area (Å²) in [6, 6.07) is 0. The molecule has 0 aliphatic carbocycles. The number of rotatable bonds is 6. The van der Waals surface area contributed by atoms with Gasteiger partial charge in [-0.3, -0.25) is 0 Å². The molecule has 0 aromatic heterocycles. The number of hydrogen-bond donors (Lipinski definition) is 1. The van der Waals surface area contributed by atoms with Crippen LogP contribution < -0.4 is 5.32 Å². The third-order valence-electron chi connectivity index (χ3n) is 5.13. The smallest absolute Gasteiger partial charge is 0.0600 e. The van der Waals surface area contributed by atoms with E-state index in [-0.39, 0.29) is 0 Å². The summed E-state index contributed by atoms with van der Waals surface area (Å²) in [4.78, 5) is 2.60. The predicted molar refractivity (Wildman–Crippen MR) is 80.5 cm³/mol. The molecule has 2 aliphatic heterocycles. The Morgan fingerprint density at radius 3 is 2.47 bits per heavy atom. The van der Waals surface area contributed by atoms with Crippen molar-refractivity contribution in [3.63, 3.8) is 0 Å². The van der Waals surface area contributed by atoms with E-state index >= 15 is 0 Å². The molecule has 2 saturated heterocycles. The summed E-state index contributed by atoms with van der Waals surface area (Å²) in [7, 11) is 0. The first-order chi connectivity index (χ1) is 9.29. The van der Waals surface area contributed by atoms with Gasteiger partial charge in [-0.25, -0.2) is 0 Å². The topological polar surface area (TPSA) is 24.5 Å². The summed E-state index contributed by atoms with van der Waals surface area (Å²) in [6.45, 7) is 11.6. The average Bonchev–Trinajstić information content (AvgIpc) is 2.48. The standard InChI is InChI=1S/C16H32N2O/c1-3-14(2)15-6-10-18(11-7-15)12-13-19-16-4-8-17-9-5-16/h14-17H,3-13H2,1-2H3. The molecule has 0 spiro atoms. The van der Waals surface area contributed by atoms with E-state index in [9.17, 15) is 0 Å². The summed E-state index contributed by atoms with van der Waals surface area (Å²) in [5.41, 5.74) is 0. The van der Waals surface area contributed by atoms with Gasteiger partial charge in [0.2, 0.25) is 0 Å². The van der Waals surface area contributed by atoms with E-state index in [1.54, 1.807) is 0 Å². The molecule has 19 heavy (non-hydrogen) atoms. The summed E-state index contributed by atoms with van der Waals surface area (Å²) in [6.07, 6.45) is 7.01. The molecule has 3 nitrogen and oxygen atoms in total. The first-order valence-electron chi connectivity index (χ1n) is 8.34. The molecule has 1 atom stereocenters. The lowest BCUT2D eigenvalue weighted by Gasteiger charge is -2.35. The van der Waals surface area contributed by atoms with Crippen LogP contribution in [0.5, 0.6) is 0 Å². The van der Waals surface area contributed by atoms with Gasteiger partial charge >= 0.3 is 0 Å². The Balaban J connectivity index is 1.55. The fourth-order valence-corrected chi connectivity index (χ4v) is 3.39. The average molecular weight is 268 g/mol. The zero-order chi connectivity index (χ0) is 13.5. The highest BCUT2D eigenvalue weighted by molar-refractivity contribution is 4.75. The van der Waals surface area contributed by atoms with Gasteiger partial charge in [-0.15, -0.1) is 0 Å². The third kappa shape index (κ3) is 5.05. The van der Waals surface area contributed by atoms with Crippen molar-refractivity contribution in [1.82, 2.24) is 10.2 Å². The van der Waals surface area contributed by atoms with Gasteiger partial charge in [-0.05, 0) is 63.7 Å². The Bertz CT molecular complexity index is 233. The number of piperidine rings is 2. The van der Waals surface area contributed by atoms with Crippen LogP contribution in [0.1, 0.15) is 46.0 Å². The summed E-state index contributed by atoms with van der Waals surface area (Å²) < 4.78 is 6.00. The Hall–Kier alpha value is -0.120. The Morgan fingerprint density at radius 1 is 1.16 bits per heavy atom. The lowest BCUT2D eigenvalue weighted by atomic mass is 9.84. The largest absolute Gasteiger partial charge is 0.377 e. The van der Waals surface area contributed by atoms with Gasteiger partial charge < -0.3 is 15.0 Å². The van der Waals surface area contributed by atoms with Crippen molar-refractivity contribution in [2.24, 2.45) is 11.8 Å². The van der Waals surface area contributed by atoms with E-state index in [1.165, 1.54) is 45.2 Å². The zero-order valence-corrected chi connectivity index (χ0v) is 12.9. The maximum absolute atomic E-state index is 6.00. The molecule has 0 amide bonds. The van der Waals surface area contributed by atoms with Crippen LogP contribution in [0.25, 0.3) is 0 Å². The molecule has 3 heteroatoms. The van der Waals surface area contributed by atoms with Crippen LogP contribution in [0.4, 0.5) is 0 Å². The van der Waals surface area contributed by atoms with Gasteiger partial charge in [0.15, 0.2) is 0 Å². The minimum atomic E-state index is 0.513. The Morgan fingerprint density at radius 2 is 1.84 bits per heavy atom. The molecule has 0 aromatic carbocycles. The summed E-state index contributed by atoms with van der Waals surface area (Å²) in [5, 5.41) is 3.38. The second-order valence-electron chi connectivity index (χ2n) is 6.38. The fourth-order valence-electron chi connectivity index (χ4n) is 3.39. The van der Waals surface area contributed by atoms with Crippen molar-refractivity contribution in [3.8, 4) is 0 Å². The van der Waals surface area contributed by atoms with E-state index in [1.807, 2.05) is 0 Å². The van der Waals surface area contributed by atoms with Crippen LogP contribution >= 0.6 is 0 Å². The second kappa shape index (κ2) is 8.23. The quantitative estimate of drug-likeness (QED) is 0.801. The van der Waals surface area contributed by atoms with Crippen LogP contribution in [0, 0.1) is 11.8 Å². The Kier molecular flexibility index (Phi) is 6.62. The lowest BCUT2D eigenvalue weighted by Crippen LogP contribution is -2.39. The molecule has 0 aromatic rings. The molecule has 2 rings (SSSR count). The summed E-state index contributed by atoms with van der Waals surface area (Å²) >= 11 is 0. The molecule has 1 unspecified atom stereocenters. The van der Waals surface area contributed by atoms with E-state index in [0.29, 0.717) is 6.10 Å². The number of ether oxygens (including phenoxy) is 1. The number of nitrogens with one attached hydrogen (secondary N) is 1. The van der Waals surface area contributed by atoms with Crippen LogP contribution in [0.15, 0.2) is 0 Å². The van der Waals surface area contributed by atoms with E-state index in [0.717, 1.165) is 38.1 Å². The van der Waals surface area contributed by atoms with Crippen molar-refractivity contribution < 1.29 is 4.74 Å². The summed E-state index contributed by atoms with van der Waals surface area (Å²) in [5.74, 6) is 1.87. The van der Waals surface area contributed by atoms with Crippen molar-refractivity contribution in [2.45, 2.75) is 52.1 Å². The van der Waals surface area contributed by atoms with Crippen LogP contribution in [0.2, 0.25) is 0 Å². The molecule has 0 saturated carbocycles. The monoisotopic (exact) mass is 268 g/mol. The van der Waals surface area contributed by atoms with Gasteiger partial charge in [-0.2, -0.15) is 0 Å². The van der Waals surface area contributed by atoms with Gasteiger partial charge in [0, 0.05) is 6.54 Å². The van der Waals surface area contributed by atoms with Gasteiger partial charge in [0.05, 0.1) is 12.7 Å². The number of nitrogens with zero attached hydrogens (tertiary/aromatic N) is 1. The van der Waals surface area contributed by atoms with E-state index in [2.05, 4.69) is 24.1 Å². The molecule has 1 N–H and O–H groups in total. The van der Waals surface area contributed by atoms with Gasteiger partial charge in [0.1, 0.15) is 0 Å². The highest BCUT2D eigenvalue weighted by atomic mass is 16.5. The van der Waals surface area contributed by atoms with Crippen molar-refractivity contribution in [3.05, 3.63) is 0 Å². The van der Waals surface area contributed by atoms with Gasteiger partial charge in [0.25, 0.3) is 0 Å². The molecular weight excluding hydrogens is 236 g/mol. The predicted octanol–water partition coefficient (Wildman–Crippen LogP) is 2.51. The SMILES string of the molecule is CCC(C)C1CCN(CCOC2CCNCC2)CC1. The molecular formula is C16H32N2O. The molecule has 0 radical (unpaired) electrons. The molecule has 2 heterocycles. The molecule has 112 valence electrons. The third-order valence-corrected chi connectivity index (χ3v) is 5.13. The second-order valence-corrected chi connectivity index (χ2v) is 6.38. The minimum Gasteiger partial charge on any atom is -0.377 e. The number of likely N-dealkylation sites (tertiary alicyclic amines) is 1. The highest BCUT2D eigenvalue weighted by Crippen LogP contribution is 2.26. The van der Waals surface area contributed by atoms with Crippen molar-refractivity contribution >= 4 is 0 Å². The van der Waals surface area contributed by atoms with Crippen LogP contribution in [-0.2, 0) is 4.74 Å². The first-order valence-corrected chi connectivity index (χ1v) is 8.34. The molecule has 2 fully saturated rings. The van der Waals surface area contributed by atoms with Crippen LogP contribution in [0.3, 0.4) is 0 Å². The maximum Gasteiger partial charge on any atom is 0.0600 e. The number of hydrogen-bond acceptors (Lipinski definition) is 3. The highest BCUT2D eigenvalue weighted by Gasteiger charge is 2.22. The fraction of sp³-hybridized carbons (Fsp3) is 1.00. The van der Waals surface area contributed by atoms with Gasteiger partial charge in [-0.1, -0.05) is 20.3 Å². The minimum absolute atomic E-state index is 0.513. The van der Waals surface area contributed by atoms with Crippen molar-refractivity contribution in [2.75, 3.05) is 39.3 Å². The lowest BCUT2D eigenvalue weighted by molar-refractivity contribution is 0.0140. The molecule has 2 aliphatic rings. The normalized spacial score (nSPS) is 25.6. The van der Waals surface area contributed by atoms with E-state index in [4.69, 9.17) is 4.74 Å². The zero-order valence-electron chi connectivity index (χ0n) is 12.9. The Labute approximate surface area is 119 Å². The van der Waals surface area contributed by atoms with E-state index < -0.39 is 0 Å².